The van der Waals surface area contributed by atoms with Gasteiger partial charge in [0.25, 0.3) is 5.56 Å². The van der Waals surface area contributed by atoms with Crippen LogP contribution in [0.25, 0.3) is 0 Å². The zero-order valence-electron chi connectivity index (χ0n) is 13.0. The van der Waals surface area contributed by atoms with E-state index in [1.165, 1.54) is 10.9 Å². The van der Waals surface area contributed by atoms with E-state index in [0.717, 1.165) is 16.9 Å². The highest BCUT2D eigenvalue weighted by Crippen LogP contribution is 2.07. The standard InChI is InChI=1S/C16H20N4O2/c1-11-4-6-14(7-5-11)19-16(22)17-8-9-20-10-18-13(3)12(2)15(20)21/h4-7,10H,8-9H2,1-3H3,(H2,17,19,22). The topological polar surface area (TPSA) is 76.0 Å². The van der Waals surface area contributed by atoms with Crippen LogP contribution < -0.4 is 16.2 Å². The second-order valence-electron chi connectivity index (χ2n) is 5.20. The Morgan fingerprint density at radius 1 is 1.18 bits per heavy atom. The number of hydrogen-bond donors (Lipinski definition) is 2. The van der Waals surface area contributed by atoms with Crippen molar-refractivity contribution >= 4 is 11.7 Å². The van der Waals surface area contributed by atoms with Gasteiger partial charge in [0.2, 0.25) is 0 Å². The SMILES string of the molecule is Cc1ccc(NC(=O)NCCn2cnc(C)c(C)c2=O)cc1. The summed E-state index contributed by atoms with van der Waals surface area (Å²) >= 11 is 0. The molecule has 1 aromatic carbocycles. The fraction of sp³-hybridized carbons (Fsp3) is 0.312. The molecule has 6 heteroatoms. The summed E-state index contributed by atoms with van der Waals surface area (Å²) in [7, 11) is 0. The summed E-state index contributed by atoms with van der Waals surface area (Å²) in [6.07, 6.45) is 1.50. The Kier molecular flexibility index (Phi) is 4.93. The van der Waals surface area contributed by atoms with Crippen molar-refractivity contribution in [3.63, 3.8) is 0 Å². The van der Waals surface area contributed by atoms with Crippen LogP contribution in [0.5, 0.6) is 0 Å². The molecule has 116 valence electrons. The molecule has 2 amide bonds. The maximum Gasteiger partial charge on any atom is 0.319 e. The summed E-state index contributed by atoms with van der Waals surface area (Å²) in [5.74, 6) is 0. The number of carbonyl (C=O) groups is 1. The van der Waals surface area contributed by atoms with Crippen molar-refractivity contribution in [1.29, 1.82) is 0 Å². The quantitative estimate of drug-likeness (QED) is 0.906. The van der Waals surface area contributed by atoms with Gasteiger partial charge < -0.3 is 10.6 Å². The van der Waals surface area contributed by atoms with Crippen molar-refractivity contribution in [1.82, 2.24) is 14.9 Å². The van der Waals surface area contributed by atoms with Crippen LogP contribution in [0.1, 0.15) is 16.8 Å². The number of nitrogens with zero attached hydrogens (tertiary/aromatic N) is 2. The number of rotatable bonds is 4. The molecule has 0 unspecified atom stereocenters. The third-order valence-corrected chi connectivity index (χ3v) is 3.46. The van der Waals surface area contributed by atoms with E-state index < -0.39 is 0 Å². The molecule has 22 heavy (non-hydrogen) atoms. The molecule has 0 spiro atoms. The number of nitrogens with one attached hydrogen (secondary N) is 2. The molecule has 0 aliphatic carbocycles. The van der Waals surface area contributed by atoms with E-state index in [-0.39, 0.29) is 11.6 Å². The highest BCUT2D eigenvalue weighted by atomic mass is 16.2. The number of aryl methyl sites for hydroxylation is 2. The van der Waals surface area contributed by atoms with Crippen molar-refractivity contribution < 1.29 is 4.79 Å². The molecule has 0 saturated carbocycles. The van der Waals surface area contributed by atoms with Gasteiger partial charge >= 0.3 is 6.03 Å². The average Bonchev–Trinajstić information content (AvgIpc) is 2.49. The van der Waals surface area contributed by atoms with Gasteiger partial charge in [-0.3, -0.25) is 9.36 Å². The number of aromatic nitrogens is 2. The van der Waals surface area contributed by atoms with Crippen LogP contribution in [0.4, 0.5) is 10.5 Å². The smallest absolute Gasteiger partial charge is 0.319 e. The zero-order valence-corrected chi connectivity index (χ0v) is 13.0. The first-order chi connectivity index (χ1) is 10.5. The molecule has 0 aliphatic rings. The first-order valence-corrected chi connectivity index (χ1v) is 7.11. The van der Waals surface area contributed by atoms with E-state index >= 15 is 0 Å². The lowest BCUT2D eigenvalue weighted by molar-refractivity contribution is 0.251. The number of amides is 2. The molecule has 0 fully saturated rings. The van der Waals surface area contributed by atoms with Gasteiger partial charge in [-0.25, -0.2) is 9.78 Å². The molecule has 1 aromatic heterocycles. The number of anilines is 1. The molecular formula is C16H20N4O2. The Morgan fingerprint density at radius 2 is 1.86 bits per heavy atom. The second kappa shape index (κ2) is 6.89. The number of hydrogen-bond acceptors (Lipinski definition) is 3. The fourth-order valence-corrected chi connectivity index (χ4v) is 1.94. The minimum absolute atomic E-state index is 0.0757. The van der Waals surface area contributed by atoms with Crippen LogP contribution in [0.3, 0.4) is 0 Å². The minimum atomic E-state index is -0.298. The van der Waals surface area contributed by atoms with Crippen molar-refractivity contribution in [2.24, 2.45) is 0 Å². The summed E-state index contributed by atoms with van der Waals surface area (Å²) in [6, 6.07) is 7.24. The van der Waals surface area contributed by atoms with E-state index in [9.17, 15) is 9.59 Å². The predicted octanol–water partition coefficient (Wildman–Crippen LogP) is 1.99. The highest BCUT2D eigenvalue weighted by molar-refractivity contribution is 5.89. The molecule has 1 heterocycles. The van der Waals surface area contributed by atoms with E-state index in [4.69, 9.17) is 0 Å². The molecule has 0 bridgehead atoms. The Balaban J connectivity index is 1.86. The van der Waals surface area contributed by atoms with Crippen LogP contribution in [0.2, 0.25) is 0 Å². The molecule has 2 rings (SSSR count). The van der Waals surface area contributed by atoms with Gasteiger partial charge in [0, 0.05) is 30.0 Å². The number of benzene rings is 1. The maximum atomic E-state index is 12.0. The van der Waals surface area contributed by atoms with E-state index in [2.05, 4.69) is 15.6 Å². The molecule has 0 radical (unpaired) electrons. The van der Waals surface area contributed by atoms with Crippen LogP contribution in [0, 0.1) is 20.8 Å². The van der Waals surface area contributed by atoms with Crippen molar-refractivity contribution in [2.75, 3.05) is 11.9 Å². The van der Waals surface area contributed by atoms with Gasteiger partial charge in [-0.15, -0.1) is 0 Å². The fourth-order valence-electron chi connectivity index (χ4n) is 1.94. The van der Waals surface area contributed by atoms with Gasteiger partial charge in [-0.1, -0.05) is 17.7 Å². The first-order valence-electron chi connectivity index (χ1n) is 7.11. The molecule has 6 nitrogen and oxygen atoms in total. The third-order valence-electron chi connectivity index (χ3n) is 3.46. The largest absolute Gasteiger partial charge is 0.336 e. The van der Waals surface area contributed by atoms with Crippen molar-refractivity contribution in [3.8, 4) is 0 Å². The van der Waals surface area contributed by atoms with Crippen LogP contribution in [-0.2, 0) is 6.54 Å². The summed E-state index contributed by atoms with van der Waals surface area (Å²) in [4.78, 5) is 27.9. The molecule has 0 atom stereocenters. The molecular weight excluding hydrogens is 280 g/mol. The van der Waals surface area contributed by atoms with E-state index in [0.29, 0.717) is 18.7 Å². The summed E-state index contributed by atoms with van der Waals surface area (Å²) in [5, 5.41) is 5.46. The summed E-state index contributed by atoms with van der Waals surface area (Å²) in [6.45, 7) is 6.27. The lowest BCUT2D eigenvalue weighted by Gasteiger charge is -2.10. The Hall–Kier alpha value is -2.63. The Labute approximate surface area is 129 Å². The predicted molar refractivity (Wildman–Crippen MR) is 86.2 cm³/mol. The average molecular weight is 300 g/mol. The molecule has 2 aromatic rings. The minimum Gasteiger partial charge on any atom is -0.336 e. The van der Waals surface area contributed by atoms with Crippen LogP contribution in [0.15, 0.2) is 35.4 Å². The lowest BCUT2D eigenvalue weighted by Crippen LogP contribution is -2.34. The van der Waals surface area contributed by atoms with E-state index in [1.54, 1.807) is 13.8 Å². The number of carbonyl (C=O) groups excluding carboxylic acids is 1. The first kappa shape index (κ1) is 15.8. The highest BCUT2D eigenvalue weighted by Gasteiger charge is 2.05. The van der Waals surface area contributed by atoms with Crippen molar-refractivity contribution in [3.05, 3.63) is 57.8 Å². The normalized spacial score (nSPS) is 10.3. The molecule has 0 aliphatic heterocycles. The number of urea groups is 1. The van der Waals surface area contributed by atoms with Crippen LogP contribution in [-0.4, -0.2) is 22.1 Å². The summed E-state index contributed by atoms with van der Waals surface area (Å²) in [5.41, 5.74) is 3.15. The lowest BCUT2D eigenvalue weighted by atomic mass is 10.2. The second-order valence-corrected chi connectivity index (χ2v) is 5.20. The Bertz CT molecular complexity index is 720. The van der Waals surface area contributed by atoms with Gasteiger partial charge in [0.05, 0.1) is 6.33 Å². The molecule has 0 saturated heterocycles. The van der Waals surface area contributed by atoms with Gasteiger partial charge in [-0.2, -0.15) is 0 Å². The van der Waals surface area contributed by atoms with Gasteiger partial charge in [0.1, 0.15) is 0 Å². The Morgan fingerprint density at radius 3 is 2.55 bits per heavy atom. The van der Waals surface area contributed by atoms with Crippen molar-refractivity contribution in [2.45, 2.75) is 27.3 Å². The summed E-state index contributed by atoms with van der Waals surface area (Å²) < 4.78 is 1.49. The third kappa shape index (κ3) is 3.94. The zero-order chi connectivity index (χ0) is 16.1. The molecule has 2 N–H and O–H groups in total. The van der Waals surface area contributed by atoms with Crippen LogP contribution >= 0.6 is 0 Å². The van der Waals surface area contributed by atoms with Gasteiger partial charge in [0.15, 0.2) is 0 Å². The van der Waals surface area contributed by atoms with E-state index in [1.807, 2.05) is 31.2 Å². The monoisotopic (exact) mass is 300 g/mol. The maximum absolute atomic E-state index is 12.0. The van der Waals surface area contributed by atoms with Gasteiger partial charge in [-0.05, 0) is 32.9 Å².